The van der Waals surface area contributed by atoms with Gasteiger partial charge in [0, 0.05) is 35.6 Å². The number of halogens is 2. The van der Waals surface area contributed by atoms with Crippen LogP contribution in [0, 0.1) is 0 Å². The minimum absolute atomic E-state index is 0.109. The van der Waals surface area contributed by atoms with Crippen molar-refractivity contribution in [1.29, 1.82) is 0 Å². The predicted octanol–water partition coefficient (Wildman–Crippen LogP) is 5.22. The molecular formula is C22H21F2N3O2. The number of ether oxygens (including phenoxy) is 1. The van der Waals surface area contributed by atoms with Gasteiger partial charge in [0.15, 0.2) is 5.82 Å². The first-order chi connectivity index (χ1) is 13.9. The molecular weight excluding hydrogens is 376 g/mol. The van der Waals surface area contributed by atoms with Gasteiger partial charge in [0.05, 0.1) is 5.60 Å². The van der Waals surface area contributed by atoms with Crippen molar-refractivity contribution >= 4 is 22.7 Å². The summed E-state index contributed by atoms with van der Waals surface area (Å²) in [6.45, 7) is 2.08. The first kappa shape index (κ1) is 19.3. The van der Waals surface area contributed by atoms with Crippen molar-refractivity contribution in [3.05, 3.63) is 54.1 Å². The number of aromatic nitrogens is 2. The molecule has 2 N–H and O–H groups in total. The van der Waals surface area contributed by atoms with Crippen LogP contribution in [0.5, 0.6) is 5.75 Å². The van der Waals surface area contributed by atoms with E-state index in [1.54, 1.807) is 13.2 Å². The Morgan fingerprint density at radius 2 is 1.90 bits per heavy atom. The number of aromatic hydroxyl groups is 1. The van der Waals surface area contributed by atoms with E-state index in [-0.39, 0.29) is 23.0 Å². The van der Waals surface area contributed by atoms with Gasteiger partial charge >= 0.3 is 0 Å². The quantitative estimate of drug-likeness (QED) is 0.618. The molecule has 29 heavy (non-hydrogen) atoms. The molecule has 4 rings (SSSR count). The summed E-state index contributed by atoms with van der Waals surface area (Å²) in [5, 5.41) is 24.2. The van der Waals surface area contributed by atoms with Crippen LogP contribution in [-0.4, -0.2) is 34.1 Å². The second kappa shape index (κ2) is 7.40. The molecule has 1 fully saturated rings. The summed E-state index contributed by atoms with van der Waals surface area (Å²) >= 11 is 0. The van der Waals surface area contributed by atoms with E-state index in [4.69, 9.17) is 4.74 Å². The maximum absolute atomic E-state index is 12.5. The van der Waals surface area contributed by atoms with Gasteiger partial charge in [0.2, 0.25) is 0 Å². The van der Waals surface area contributed by atoms with Crippen molar-refractivity contribution in [2.45, 2.75) is 31.4 Å². The zero-order valence-corrected chi connectivity index (χ0v) is 16.1. The summed E-state index contributed by atoms with van der Waals surface area (Å²) in [6.07, 6.45) is 0.634. The monoisotopic (exact) mass is 397 g/mol. The lowest BCUT2D eigenvalue weighted by molar-refractivity contribution is -0.0625. The van der Waals surface area contributed by atoms with Crippen molar-refractivity contribution in [2.75, 3.05) is 12.4 Å². The Morgan fingerprint density at radius 1 is 1.17 bits per heavy atom. The molecule has 0 radical (unpaired) electrons. The molecule has 0 saturated heterocycles. The highest BCUT2D eigenvalue weighted by molar-refractivity contribution is 6.01. The number of methoxy groups -OCH3 is 1. The molecule has 1 aromatic heterocycles. The lowest BCUT2D eigenvalue weighted by atomic mass is 9.77. The van der Waals surface area contributed by atoms with Gasteiger partial charge in [-0.1, -0.05) is 30.3 Å². The van der Waals surface area contributed by atoms with Crippen molar-refractivity contribution in [3.8, 4) is 17.0 Å². The molecule has 1 saturated carbocycles. The zero-order chi connectivity index (χ0) is 20.6. The molecule has 5 nitrogen and oxygen atoms in total. The highest BCUT2D eigenvalue weighted by atomic mass is 19.3. The summed E-state index contributed by atoms with van der Waals surface area (Å²) in [5.41, 5.74) is 1.04. The van der Waals surface area contributed by atoms with Crippen LogP contribution in [0.2, 0.25) is 0 Å². The van der Waals surface area contributed by atoms with Crippen molar-refractivity contribution in [3.63, 3.8) is 0 Å². The minimum Gasteiger partial charge on any atom is -0.507 e. The fraction of sp³-hybridized carbons (Fsp3) is 0.273. The Morgan fingerprint density at radius 3 is 2.55 bits per heavy atom. The SMILES string of the molecule is COC1(C)CC(Nc2nnc(-c3ccc(C=C(F)F)cc3O)c3ccccc23)C1. The van der Waals surface area contributed by atoms with Crippen LogP contribution in [-0.2, 0) is 4.74 Å². The van der Waals surface area contributed by atoms with Gasteiger partial charge < -0.3 is 15.2 Å². The normalized spacial score (nSPS) is 20.9. The molecule has 0 spiro atoms. The number of fused-ring (bicyclic) bond motifs is 1. The molecule has 7 heteroatoms. The van der Waals surface area contributed by atoms with E-state index in [1.165, 1.54) is 12.1 Å². The Bertz CT molecular complexity index is 1090. The molecule has 1 aliphatic rings. The van der Waals surface area contributed by atoms with Crippen LogP contribution in [0.4, 0.5) is 14.6 Å². The number of hydrogen-bond donors (Lipinski definition) is 2. The summed E-state index contributed by atoms with van der Waals surface area (Å²) in [4.78, 5) is 0. The van der Waals surface area contributed by atoms with Crippen LogP contribution in [0.25, 0.3) is 28.1 Å². The second-order valence-corrected chi connectivity index (χ2v) is 7.56. The number of nitrogens with one attached hydrogen (secondary N) is 1. The number of anilines is 1. The maximum atomic E-state index is 12.5. The smallest absolute Gasteiger partial charge is 0.270 e. The Balaban J connectivity index is 1.70. The topological polar surface area (TPSA) is 67.3 Å². The third kappa shape index (κ3) is 3.78. The molecule has 1 aliphatic carbocycles. The fourth-order valence-corrected chi connectivity index (χ4v) is 3.82. The standard InChI is InChI=1S/C22H21F2N3O2/c1-22(29-2)11-14(12-22)25-21-16-6-4-3-5-15(16)20(26-27-21)17-8-7-13(9-18(17)28)10-19(23)24/h3-10,14,28H,11-12H2,1-2H3,(H,25,27). The van der Waals surface area contributed by atoms with Gasteiger partial charge in [-0.25, -0.2) is 0 Å². The number of benzene rings is 2. The molecule has 0 amide bonds. The molecule has 0 aliphatic heterocycles. The molecule has 0 bridgehead atoms. The number of hydrogen-bond acceptors (Lipinski definition) is 5. The molecule has 150 valence electrons. The van der Waals surface area contributed by atoms with E-state index < -0.39 is 6.08 Å². The number of phenolic OH excluding ortho intramolecular Hbond substituents is 1. The fourth-order valence-electron chi connectivity index (χ4n) is 3.82. The number of nitrogens with zero attached hydrogens (tertiary/aromatic N) is 2. The van der Waals surface area contributed by atoms with E-state index >= 15 is 0 Å². The van der Waals surface area contributed by atoms with E-state index in [0.717, 1.165) is 23.6 Å². The van der Waals surface area contributed by atoms with Gasteiger partial charge in [-0.05, 0) is 37.5 Å². The van der Waals surface area contributed by atoms with Crippen LogP contribution < -0.4 is 5.32 Å². The predicted molar refractivity (Wildman–Crippen MR) is 109 cm³/mol. The molecule has 3 aromatic rings. The first-order valence-electron chi connectivity index (χ1n) is 9.32. The zero-order valence-electron chi connectivity index (χ0n) is 16.1. The van der Waals surface area contributed by atoms with E-state index in [9.17, 15) is 13.9 Å². The Kier molecular flexibility index (Phi) is 4.92. The van der Waals surface area contributed by atoms with Gasteiger partial charge in [-0.15, -0.1) is 10.2 Å². The van der Waals surface area contributed by atoms with Gasteiger partial charge in [0.25, 0.3) is 6.08 Å². The Hall–Kier alpha value is -3.06. The van der Waals surface area contributed by atoms with Crippen LogP contribution in [0.15, 0.2) is 48.5 Å². The highest BCUT2D eigenvalue weighted by Gasteiger charge is 2.40. The lowest BCUT2D eigenvalue weighted by Crippen LogP contribution is -2.49. The Labute approximate surface area is 167 Å². The van der Waals surface area contributed by atoms with Crippen molar-refractivity contribution < 1.29 is 18.6 Å². The van der Waals surface area contributed by atoms with Crippen LogP contribution in [0.1, 0.15) is 25.3 Å². The largest absolute Gasteiger partial charge is 0.507 e. The number of phenols is 1. The lowest BCUT2D eigenvalue weighted by Gasteiger charge is -2.44. The summed E-state index contributed by atoms with van der Waals surface area (Å²) in [5.74, 6) is 0.543. The van der Waals surface area contributed by atoms with Crippen molar-refractivity contribution in [1.82, 2.24) is 10.2 Å². The van der Waals surface area contributed by atoms with E-state index in [1.807, 2.05) is 24.3 Å². The highest BCUT2D eigenvalue weighted by Crippen LogP contribution is 2.39. The van der Waals surface area contributed by atoms with Gasteiger partial charge in [0.1, 0.15) is 11.4 Å². The van der Waals surface area contributed by atoms with E-state index in [2.05, 4.69) is 22.4 Å². The summed E-state index contributed by atoms with van der Waals surface area (Å²) in [7, 11) is 1.72. The third-order valence-electron chi connectivity index (χ3n) is 5.43. The van der Waals surface area contributed by atoms with Gasteiger partial charge in [-0.2, -0.15) is 8.78 Å². The molecule has 1 heterocycles. The average Bonchev–Trinajstić information content (AvgIpc) is 2.67. The van der Waals surface area contributed by atoms with Crippen LogP contribution in [0.3, 0.4) is 0 Å². The molecule has 0 unspecified atom stereocenters. The average molecular weight is 397 g/mol. The summed E-state index contributed by atoms with van der Waals surface area (Å²) in [6, 6.07) is 12.3. The maximum Gasteiger partial charge on any atom is 0.270 e. The first-order valence-corrected chi connectivity index (χ1v) is 9.32. The molecule has 2 aromatic carbocycles. The summed E-state index contributed by atoms with van der Waals surface area (Å²) < 4.78 is 30.5. The third-order valence-corrected chi connectivity index (χ3v) is 5.43. The van der Waals surface area contributed by atoms with Crippen molar-refractivity contribution in [2.24, 2.45) is 0 Å². The number of rotatable bonds is 5. The molecule has 0 atom stereocenters. The van der Waals surface area contributed by atoms with Gasteiger partial charge in [-0.3, -0.25) is 0 Å². The second-order valence-electron chi connectivity index (χ2n) is 7.56. The van der Waals surface area contributed by atoms with E-state index in [0.29, 0.717) is 23.2 Å². The minimum atomic E-state index is -1.82. The van der Waals surface area contributed by atoms with Crippen LogP contribution >= 0.6 is 0 Å².